The van der Waals surface area contributed by atoms with Crippen LogP contribution in [0.25, 0.3) is 6.08 Å². The average molecular weight is 390 g/mol. The number of benzene rings is 1. The summed E-state index contributed by atoms with van der Waals surface area (Å²) < 4.78 is 20.7. The molecule has 1 rings (SSSR count). The Balaban J connectivity index is 2.09. The molecule has 0 fully saturated rings. The van der Waals surface area contributed by atoms with E-state index in [-0.39, 0.29) is 19.2 Å². The van der Waals surface area contributed by atoms with E-state index >= 15 is 0 Å². The van der Waals surface area contributed by atoms with Gasteiger partial charge in [-0.3, -0.25) is 4.79 Å². The minimum absolute atomic E-state index is 0.164. The maximum absolute atomic E-state index is 11.6. The Hall–Kier alpha value is -2.60. The molecule has 0 radical (unpaired) electrons. The molecule has 6 heteroatoms. The first kappa shape index (κ1) is 23.4. The van der Waals surface area contributed by atoms with Crippen molar-refractivity contribution in [2.75, 3.05) is 26.9 Å². The zero-order valence-electron chi connectivity index (χ0n) is 17.1. The summed E-state index contributed by atoms with van der Waals surface area (Å²) in [7, 11) is 1.62. The van der Waals surface area contributed by atoms with E-state index in [1.165, 1.54) is 6.08 Å². The Labute approximate surface area is 167 Å². The lowest BCUT2D eigenvalue weighted by molar-refractivity contribution is -0.155. The molecular weight excluding hydrogens is 360 g/mol. The number of carbonyl (C=O) groups is 2. The summed E-state index contributed by atoms with van der Waals surface area (Å²) in [6.45, 7) is 6.36. The van der Waals surface area contributed by atoms with Crippen molar-refractivity contribution in [2.24, 2.45) is 0 Å². The first-order valence-corrected chi connectivity index (χ1v) is 9.25. The third-order valence-electron chi connectivity index (χ3n) is 3.31. The fraction of sp³-hybridized carbons (Fsp3) is 0.455. The van der Waals surface area contributed by atoms with Crippen molar-refractivity contribution in [3.8, 4) is 5.75 Å². The standard InChI is InChI=1S/C22H30O6/c1-22(2,3)28-21(24)10-7-15-26-16-17-27-20(23)9-6-5-8-18-11-13-19(25-4)14-12-18/h5-6,8-9,11-14H,7,10,15-17H2,1-4H3/b8-5+,9-6+. The van der Waals surface area contributed by atoms with Crippen LogP contribution in [-0.4, -0.2) is 44.5 Å². The van der Waals surface area contributed by atoms with Gasteiger partial charge in [-0.2, -0.15) is 0 Å². The van der Waals surface area contributed by atoms with Crippen molar-refractivity contribution in [1.29, 1.82) is 0 Å². The summed E-state index contributed by atoms with van der Waals surface area (Å²) in [4.78, 5) is 23.1. The second-order valence-electron chi connectivity index (χ2n) is 6.96. The first-order chi connectivity index (χ1) is 13.3. The molecule has 0 saturated heterocycles. The Kier molecular flexibility index (Phi) is 10.7. The van der Waals surface area contributed by atoms with E-state index in [9.17, 15) is 9.59 Å². The molecule has 1 aromatic carbocycles. The van der Waals surface area contributed by atoms with Crippen molar-refractivity contribution in [3.63, 3.8) is 0 Å². The van der Waals surface area contributed by atoms with Crippen LogP contribution in [0.3, 0.4) is 0 Å². The summed E-state index contributed by atoms with van der Waals surface area (Å²) in [6, 6.07) is 7.57. The Morgan fingerprint density at radius 3 is 2.36 bits per heavy atom. The lowest BCUT2D eigenvalue weighted by atomic mass is 10.2. The number of allylic oxidation sites excluding steroid dienone is 2. The van der Waals surface area contributed by atoms with Gasteiger partial charge < -0.3 is 18.9 Å². The molecule has 6 nitrogen and oxygen atoms in total. The van der Waals surface area contributed by atoms with Gasteiger partial charge in [0.2, 0.25) is 0 Å². The molecule has 0 heterocycles. The predicted octanol–water partition coefficient (Wildman–Crippen LogP) is 3.95. The van der Waals surface area contributed by atoms with E-state index in [1.807, 2.05) is 51.1 Å². The topological polar surface area (TPSA) is 71.1 Å². The molecule has 0 aliphatic heterocycles. The van der Waals surface area contributed by atoms with Gasteiger partial charge in [-0.15, -0.1) is 0 Å². The van der Waals surface area contributed by atoms with E-state index in [0.717, 1.165) is 11.3 Å². The highest BCUT2D eigenvalue weighted by atomic mass is 16.6. The molecule has 0 spiro atoms. The van der Waals surface area contributed by atoms with E-state index in [4.69, 9.17) is 18.9 Å². The molecule has 0 atom stereocenters. The molecule has 0 unspecified atom stereocenters. The monoisotopic (exact) mass is 390 g/mol. The van der Waals surface area contributed by atoms with Crippen molar-refractivity contribution < 1.29 is 28.5 Å². The zero-order chi connectivity index (χ0) is 20.8. The number of methoxy groups -OCH3 is 1. The summed E-state index contributed by atoms with van der Waals surface area (Å²) in [5, 5.41) is 0. The second kappa shape index (κ2) is 12.7. The van der Waals surface area contributed by atoms with Crippen LogP contribution in [0.15, 0.2) is 42.5 Å². The third-order valence-corrected chi connectivity index (χ3v) is 3.31. The van der Waals surface area contributed by atoms with Gasteiger partial charge in [-0.05, 0) is 44.9 Å². The number of esters is 2. The zero-order valence-corrected chi connectivity index (χ0v) is 17.1. The van der Waals surface area contributed by atoms with Gasteiger partial charge >= 0.3 is 11.9 Å². The SMILES string of the molecule is COc1ccc(/C=C/C=C/C(=O)OCCOCCCC(=O)OC(C)(C)C)cc1. The van der Waals surface area contributed by atoms with Gasteiger partial charge in [0.1, 0.15) is 18.0 Å². The first-order valence-electron chi connectivity index (χ1n) is 9.25. The van der Waals surface area contributed by atoms with Crippen molar-refractivity contribution in [2.45, 2.75) is 39.2 Å². The number of hydrogen-bond acceptors (Lipinski definition) is 6. The smallest absolute Gasteiger partial charge is 0.330 e. The van der Waals surface area contributed by atoms with E-state index in [2.05, 4.69) is 0 Å². The van der Waals surface area contributed by atoms with Crippen LogP contribution in [0.5, 0.6) is 5.75 Å². The fourth-order valence-corrected chi connectivity index (χ4v) is 2.08. The quantitative estimate of drug-likeness (QED) is 0.247. The summed E-state index contributed by atoms with van der Waals surface area (Å²) >= 11 is 0. The largest absolute Gasteiger partial charge is 0.497 e. The molecular formula is C22H30O6. The van der Waals surface area contributed by atoms with Gasteiger partial charge in [0.05, 0.1) is 13.7 Å². The van der Waals surface area contributed by atoms with E-state index in [0.29, 0.717) is 19.4 Å². The molecule has 0 bridgehead atoms. The minimum Gasteiger partial charge on any atom is -0.497 e. The molecule has 0 aromatic heterocycles. The Morgan fingerprint density at radius 2 is 1.71 bits per heavy atom. The van der Waals surface area contributed by atoms with Gasteiger partial charge in [0.15, 0.2) is 0 Å². The number of rotatable bonds is 11. The van der Waals surface area contributed by atoms with E-state index in [1.54, 1.807) is 19.3 Å². The van der Waals surface area contributed by atoms with Crippen LogP contribution in [0.1, 0.15) is 39.2 Å². The number of hydrogen-bond donors (Lipinski definition) is 0. The molecule has 0 aliphatic rings. The highest BCUT2D eigenvalue weighted by Gasteiger charge is 2.15. The van der Waals surface area contributed by atoms with Gasteiger partial charge in [0.25, 0.3) is 0 Å². The van der Waals surface area contributed by atoms with Crippen LogP contribution in [-0.2, 0) is 23.8 Å². The van der Waals surface area contributed by atoms with Gasteiger partial charge in [0, 0.05) is 19.1 Å². The third kappa shape index (κ3) is 11.9. The Bertz CT molecular complexity index is 653. The molecule has 0 aliphatic carbocycles. The predicted molar refractivity (Wildman–Crippen MR) is 108 cm³/mol. The van der Waals surface area contributed by atoms with E-state index < -0.39 is 11.6 Å². The van der Waals surface area contributed by atoms with Gasteiger partial charge in [-0.1, -0.05) is 30.4 Å². The normalized spacial score (nSPS) is 11.7. The van der Waals surface area contributed by atoms with Crippen molar-refractivity contribution in [3.05, 3.63) is 48.1 Å². The maximum atomic E-state index is 11.6. The minimum atomic E-state index is -0.469. The highest BCUT2D eigenvalue weighted by molar-refractivity contribution is 5.82. The van der Waals surface area contributed by atoms with Crippen molar-refractivity contribution >= 4 is 18.0 Å². The van der Waals surface area contributed by atoms with Crippen LogP contribution in [0.2, 0.25) is 0 Å². The van der Waals surface area contributed by atoms with Crippen LogP contribution < -0.4 is 4.74 Å². The molecule has 154 valence electrons. The number of carbonyl (C=O) groups excluding carboxylic acids is 2. The lowest BCUT2D eigenvalue weighted by Crippen LogP contribution is -2.23. The van der Waals surface area contributed by atoms with Gasteiger partial charge in [-0.25, -0.2) is 4.79 Å². The molecule has 0 N–H and O–H groups in total. The highest BCUT2D eigenvalue weighted by Crippen LogP contribution is 2.12. The van der Waals surface area contributed by atoms with Crippen LogP contribution in [0, 0.1) is 0 Å². The summed E-state index contributed by atoms with van der Waals surface area (Å²) in [5.41, 5.74) is 0.530. The maximum Gasteiger partial charge on any atom is 0.330 e. The van der Waals surface area contributed by atoms with Crippen LogP contribution in [0.4, 0.5) is 0 Å². The number of ether oxygens (including phenoxy) is 4. The summed E-state index contributed by atoms with van der Waals surface area (Å²) in [6.07, 6.45) is 7.48. The van der Waals surface area contributed by atoms with Crippen molar-refractivity contribution in [1.82, 2.24) is 0 Å². The molecule has 28 heavy (non-hydrogen) atoms. The molecule has 0 saturated carbocycles. The fourth-order valence-electron chi connectivity index (χ4n) is 2.08. The molecule has 0 amide bonds. The molecule has 1 aromatic rings. The second-order valence-corrected chi connectivity index (χ2v) is 6.96. The lowest BCUT2D eigenvalue weighted by Gasteiger charge is -2.19. The summed E-state index contributed by atoms with van der Waals surface area (Å²) in [5.74, 6) is 0.121. The average Bonchev–Trinajstić information content (AvgIpc) is 2.63. The van der Waals surface area contributed by atoms with Crippen LogP contribution >= 0.6 is 0 Å². The Morgan fingerprint density at radius 1 is 1.00 bits per heavy atom.